The van der Waals surface area contributed by atoms with Crippen LogP contribution in [0.3, 0.4) is 0 Å². The normalized spacial score (nSPS) is 12.7. The highest BCUT2D eigenvalue weighted by atomic mass is 19.1. The minimum Gasteiger partial charge on any atom is -0.312 e. The van der Waals surface area contributed by atoms with Crippen LogP contribution >= 0.6 is 0 Å². The highest BCUT2D eigenvalue weighted by Crippen LogP contribution is 2.28. The number of benzene rings is 1. The molecule has 98 valence electrons. The Balaban J connectivity index is 2.97. The van der Waals surface area contributed by atoms with Gasteiger partial charge in [-0.3, -0.25) is 0 Å². The number of nitrogens with one attached hydrogen (secondary N) is 1. The van der Waals surface area contributed by atoms with Gasteiger partial charge in [-0.25, -0.2) is 4.39 Å². The summed E-state index contributed by atoms with van der Waals surface area (Å²) in [5, 5.41) is 3.47. The summed E-state index contributed by atoms with van der Waals surface area (Å²) in [5.74, 6) is 5.88. The van der Waals surface area contributed by atoms with Crippen molar-refractivity contribution in [1.29, 1.82) is 0 Å². The summed E-state index contributed by atoms with van der Waals surface area (Å²) in [6, 6.07) is 7.02. The molecule has 0 saturated heterocycles. The first-order valence-corrected chi connectivity index (χ1v) is 6.41. The Morgan fingerprint density at radius 1 is 1.28 bits per heavy atom. The number of hydrogen-bond acceptors (Lipinski definition) is 1. The summed E-state index contributed by atoms with van der Waals surface area (Å²) in [5.41, 5.74) is 1.06. The van der Waals surface area contributed by atoms with Crippen molar-refractivity contribution in [3.63, 3.8) is 0 Å². The van der Waals surface area contributed by atoms with Crippen LogP contribution in [0.15, 0.2) is 24.3 Å². The summed E-state index contributed by atoms with van der Waals surface area (Å²) in [4.78, 5) is 0. The first-order valence-electron chi connectivity index (χ1n) is 6.41. The Bertz CT molecular complexity index is 423. The summed E-state index contributed by atoms with van der Waals surface area (Å²) in [6.45, 7) is 9.19. The topological polar surface area (TPSA) is 12.0 Å². The van der Waals surface area contributed by atoms with Gasteiger partial charge < -0.3 is 5.32 Å². The average molecular weight is 247 g/mol. The quantitative estimate of drug-likeness (QED) is 0.785. The third-order valence-corrected chi connectivity index (χ3v) is 3.39. The molecule has 1 aromatic carbocycles. The Hall–Kier alpha value is -1.33. The lowest BCUT2D eigenvalue weighted by Gasteiger charge is -2.34. The van der Waals surface area contributed by atoms with Crippen molar-refractivity contribution in [1.82, 2.24) is 5.32 Å². The van der Waals surface area contributed by atoms with Crippen LogP contribution in [0.25, 0.3) is 0 Å². The molecule has 0 bridgehead atoms. The van der Waals surface area contributed by atoms with E-state index in [-0.39, 0.29) is 17.3 Å². The van der Waals surface area contributed by atoms with Crippen molar-refractivity contribution < 1.29 is 4.39 Å². The van der Waals surface area contributed by atoms with E-state index in [0.29, 0.717) is 0 Å². The number of halogens is 1. The van der Waals surface area contributed by atoms with Crippen molar-refractivity contribution in [3.8, 4) is 11.8 Å². The van der Waals surface area contributed by atoms with E-state index in [4.69, 9.17) is 0 Å². The second-order valence-corrected chi connectivity index (χ2v) is 4.97. The van der Waals surface area contributed by atoms with Gasteiger partial charge in [-0.05, 0) is 31.2 Å². The predicted molar refractivity (Wildman–Crippen MR) is 75.0 cm³/mol. The zero-order valence-electron chi connectivity index (χ0n) is 11.7. The van der Waals surface area contributed by atoms with Gasteiger partial charge in [0.15, 0.2) is 0 Å². The van der Waals surface area contributed by atoms with Crippen LogP contribution in [0.2, 0.25) is 0 Å². The van der Waals surface area contributed by atoms with Gasteiger partial charge in [0.1, 0.15) is 5.82 Å². The molecule has 0 aliphatic rings. The Morgan fingerprint density at radius 2 is 1.89 bits per heavy atom. The molecule has 0 aromatic heterocycles. The fourth-order valence-corrected chi connectivity index (χ4v) is 2.11. The maximum absolute atomic E-state index is 13.0. The Labute approximate surface area is 110 Å². The molecule has 1 N–H and O–H groups in total. The molecule has 1 aromatic rings. The second kappa shape index (κ2) is 6.56. The molecule has 0 fully saturated rings. The fraction of sp³-hybridized carbons (Fsp3) is 0.500. The van der Waals surface area contributed by atoms with Gasteiger partial charge in [0.05, 0.1) is 0 Å². The van der Waals surface area contributed by atoms with E-state index in [1.807, 2.05) is 19.1 Å². The fourth-order valence-electron chi connectivity index (χ4n) is 2.11. The summed E-state index contributed by atoms with van der Waals surface area (Å²) >= 11 is 0. The van der Waals surface area contributed by atoms with Crippen molar-refractivity contribution in [2.24, 2.45) is 0 Å². The standard InChI is InChI=1S/C16H22FN/c1-5-7-8-15(18-6-2)16(3,4)13-9-11-14(17)12-10-13/h9-12,15,18H,6,8H2,1-4H3. The van der Waals surface area contributed by atoms with Crippen LogP contribution in [0, 0.1) is 17.7 Å². The third kappa shape index (κ3) is 3.58. The molecule has 1 rings (SSSR count). The third-order valence-electron chi connectivity index (χ3n) is 3.39. The van der Waals surface area contributed by atoms with Gasteiger partial charge in [0.25, 0.3) is 0 Å². The highest BCUT2D eigenvalue weighted by Gasteiger charge is 2.30. The number of rotatable bonds is 5. The van der Waals surface area contributed by atoms with Gasteiger partial charge in [-0.15, -0.1) is 11.8 Å². The molecule has 18 heavy (non-hydrogen) atoms. The molecular weight excluding hydrogens is 225 g/mol. The van der Waals surface area contributed by atoms with E-state index in [1.165, 1.54) is 12.1 Å². The predicted octanol–water partition coefficient (Wildman–Crippen LogP) is 3.49. The molecule has 0 amide bonds. The van der Waals surface area contributed by atoms with Crippen LogP contribution in [0.4, 0.5) is 4.39 Å². The molecule has 0 spiro atoms. The monoisotopic (exact) mass is 247 g/mol. The smallest absolute Gasteiger partial charge is 0.123 e. The van der Waals surface area contributed by atoms with Crippen LogP contribution < -0.4 is 5.32 Å². The lowest BCUT2D eigenvalue weighted by Crippen LogP contribution is -2.44. The summed E-state index contributed by atoms with van der Waals surface area (Å²) in [7, 11) is 0. The van der Waals surface area contributed by atoms with Crippen LogP contribution in [-0.4, -0.2) is 12.6 Å². The molecule has 2 heteroatoms. The van der Waals surface area contributed by atoms with E-state index in [1.54, 1.807) is 0 Å². The van der Waals surface area contributed by atoms with E-state index < -0.39 is 0 Å². The molecule has 1 atom stereocenters. The lowest BCUT2D eigenvalue weighted by atomic mass is 9.76. The van der Waals surface area contributed by atoms with E-state index >= 15 is 0 Å². The Kier molecular flexibility index (Phi) is 5.37. The van der Waals surface area contributed by atoms with Gasteiger partial charge in [-0.1, -0.05) is 32.9 Å². The van der Waals surface area contributed by atoms with Gasteiger partial charge >= 0.3 is 0 Å². The van der Waals surface area contributed by atoms with Crippen molar-refractivity contribution in [2.45, 2.75) is 45.6 Å². The Morgan fingerprint density at radius 3 is 2.39 bits per heavy atom. The molecule has 0 radical (unpaired) electrons. The van der Waals surface area contributed by atoms with E-state index in [0.717, 1.165) is 18.5 Å². The highest BCUT2D eigenvalue weighted by molar-refractivity contribution is 5.27. The average Bonchev–Trinajstić information content (AvgIpc) is 2.35. The van der Waals surface area contributed by atoms with Crippen molar-refractivity contribution >= 4 is 0 Å². The minimum absolute atomic E-state index is 0.0758. The SMILES string of the molecule is CC#CCC(NCC)C(C)(C)c1ccc(F)cc1. The van der Waals surface area contributed by atoms with E-state index in [9.17, 15) is 4.39 Å². The van der Waals surface area contributed by atoms with Crippen molar-refractivity contribution in [3.05, 3.63) is 35.6 Å². The molecule has 0 aliphatic carbocycles. The number of likely N-dealkylation sites (N-methyl/N-ethyl adjacent to an activating group) is 1. The molecule has 0 aliphatic heterocycles. The zero-order valence-corrected chi connectivity index (χ0v) is 11.7. The second-order valence-electron chi connectivity index (χ2n) is 4.97. The van der Waals surface area contributed by atoms with Gasteiger partial charge in [-0.2, -0.15) is 0 Å². The summed E-state index contributed by atoms with van der Waals surface area (Å²) in [6.07, 6.45) is 0.800. The van der Waals surface area contributed by atoms with Crippen LogP contribution in [-0.2, 0) is 5.41 Å². The van der Waals surface area contributed by atoms with Crippen molar-refractivity contribution in [2.75, 3.05) is 6.54 Å². The van der Waals surface area contributed by atoms with Crippen LogP contribution in [0.5, 0.6) is 0 Å². The first kappa shape index (κ1) is 14.7. The van der Waals surface area contributed by atoms with Gasteiger partial charge in [0, 0.05) is 17.9 Å². The molecule has 1 nitrogen and oxygen atoms in total. The number of hydrogen-bond donors (Lipinski definition) is 1. The minimum atomic E-state index is -0.192. The summed E-state index contributed by atoms with van der Waals surface area (Å²) < 4.78 is 13.0. The molecule has 1 unspecified atom stereocenters. The molecule has 0 heterocycles. The first-order chi connectivity index (χ1) is 8.52. The largest absolute Gasteiger partial charge is 0.312 e. The lowest BCUT2D eigenvalue weighted by molar-refractivity contribution is 0.350. The van der Waals surface area contributed by atoms with Crippen LogP contribution in [0.1, 0.15) is 39.7 Å². The van der Waals surface area contributed by atoms with Gasteiger partial charge in [0.2, 0.25) is 0 Å². The van der Waals surface area contributed by atoms with E-state index in [2.05, 4.69) is 37.9 Å². The molecule has 0 saturated carbocycles. The maximum atomic E-state index is 13.0. The zero-order chi connectivity index (χ0) is 13.6. The molecular formula is C16H22FN. The maximum Gasteiger partial charge on any atom is 0.123 e.